The van der Waals surface area contributed by atoms with Crippen LogP contribution in [0.5, 0.6) is 0 Å². The zero-order valence-electron chi connectivity index (χ0n) is 10.9. The molecule has 5 nitrogen and oxygen atoms in total. The van der Waals surface area contributed by atoms with Gasteiger partial charge in [-0.15, -0.1) is 0 Å². The number of nitrogens with two attached hydrogens (primary N) is 1. The van der Waals surface area contributed by atoms with Crippen LogP contribution < -0.4 is 11.1 Å². The van der Waals surface area contributed by atoms with Crippen LogP contribution in [0.3, 0.4) is 0 Å². The maximum Gasteiger partial charge on any atom is 0.231 e. The molecule has 0 bridgehead atoms. The number of carbonyl (C=O) groups is 2. The molecule has 1 aromatic heterocycles. The molecule has 1 saturated carbocycles. The van der Waals surface area contributed by atoms with Gasteiger partial charge in [-0.05, 0) is 25.0 Å². The maximum atomic E-state index is 12.5. The van der Waals surface area contributed by atoms with E-state index in [0.717, 1.165) is 32.1 Å². The van der Waals surface area contributed by atoms with E-state index in [1.54, 1.807) is 24.5 Å². The third-order valence-electron chi connectivity index (χ3n) is 3.72. The highest BCUT2D eigenvalue weighted by atomic mass is 16.2. The second kappa shape index (κ2) is 5.82. The van der Waals surface area contributed by atoms with Gasteiger partial charge in [-0.3, -0.25) is 14.6 Å². The average Bonchev–Trinajstić information content (AvgIpc) is 2.40. The van der Waals surface area contributed by atoms with Crippen LogP contribution in [-0.4, -0.2) is 16.8 Å². The lowest BCUT2D eigenvalue weighted by atomic mass is 9.71. The van der Waals surface area contributed by atoms with E-state index in [2.05, 4.69) is 10.3 Å². The molecule has 1 heterocycles. The van der Waals surface area contributed by atoms with Crippen molar-refractivity contribution in [3.63, 3.8) is 0 Å². The van der Waals surface area contributed by atoms with Gasteiger partial charge in [0.15, 0.2) is 0 Å². The minimum absolute atomic E-state index is 0.112. The molecule has 0 saturated heterocycles. The van der Waals surface area contributed by atoms with Gasteiger partial charge in [-0.1, -0.05) is 19.3 Å². The van der Waals surface area contributed by atoms with E-state index >= 15 is 0 Å². The number of primary amides is 1. The summed E-state index contributed by atoms with van der Waals surface area (Å²) in [6.07, 6.45) is 7.86. The summed E-state index contributed by atoms with van der Waals surface area (Å²) in [4.78, 5) is 27.7. The first-order chi connectivity index (χ1) is 9.12. The van der Waals surface area contributed by atoms with Crippen molar-refractivity contribution in [2.24, 2.45) is 11.1 Å². The molecule has 0 radical (unpaired) electrons. The number of anilines is 1. The zero-order valence-corrected chi connectivity index (χ0v) is 10.9. The topological polar surface area (TPSA) is 85.1 Å². The van der Waals surface area contributed by atoms with Gasteiger partial charge in [0.05, 0.1) is 17.3 Å². The van der Waals surface area contributed by atoms with Crippen LogP contribution in [0, 0.1) is 5.41 Å². The highest BCUT2D eigenvalue weighted by Gasteiger charge is 2.40. The van der Waals surface area contributed by atoms with Crippen molar-refractivity contribution in [3.05, 3.63) is 24.5 Å². The van der Waals surface area contributed by atoms with E-state index in [0.29, 0.717) is 5.69 Å². The Morgan fingerprint density at radius 1 is 1.32 bits per heavy atom. The minimum Gasteiger partial charge on any atom is -0.370 e. The van der Waals surface area contributed by atoms with Gasteiger partial charge in [0.25, 0.3) is 0 Å². The number of amides is 2. The first-order valence-corrected chi connectivity index (χ1v) is 6.62. The van der Waals surface area contributed by atoms with Gasteiger partial charge >= 0.3 is 0 Å². The Labute approximate surface area is 112 Å². The van der Waals surface area contributed by atoms with Crippen LogP contribution in [0.25, 0.3) is 0 Å². The zero-order chi connectivity index (χ0) is 13.7. The molecule has 0 aliphatic heterocycles. The second-order valence-corrected chi connectivity index (χ2v) is 5.18. The number of hydrogen-bond donors (Lipinski definition) is 2. The highest BCUT2D eigenvalue weighted by molar-refractivity contribution is 5.97. The fourth-order valence-corrected chi connectivity index (χ4v) is 2.75. The van der Waals surface area contributed by atoms with Crippen LogP contribution in [0.1, 0.15) is 38.5 Å². The standard InChI is InChI=1S/C14H19N3O2/c15-12(18)9-14(6-2-1-3-7-14)13(19)17-11-5-4-8-16-10-11/h4-5,8,10H,1-3,6-7,9H2,(H2,15,18)(H,17,19). The first-order valence-electron chi connectivity index (χ1n) is 6.62. The summed E-state index contributed by atoms with van der Waals surface area (Å²) in [6, 6.07) is 3.54. The normalized spacial score (nSPS) is 17.7. The summed E-state index contributed by atoms with van der Waals surface area (Å²) < 4.78 is 0. The third-order valence-corrected chi connectivity index (χ3v) is 3.72. The molecule has 0 aromatic carbocycles. The fraction of sp³-hybridized carbons (Fsp3) is 0.500. The van der Waals surface area contributed by atoms with Crippen molar-refractivity contribution in [3.8, 4) is 0 Å². The van der Waals surface area contributed by atoms with Crippen molar-refractivity contribution in [2.75, 3.05) is 5.32 Å². The van der Waals surface area contributed by atoms with Gasteiger partial charge in [0, 0.05) is 12.6 Å². The molecular formula is C14H19N3O2. The molecule has 1 aliphatic carbocycles. The SMILES string of the molecule is NC(=O)CC1(C(=O)Nc2cccnc2)CCCCC1. The fourth-order valence-electron chi connectivity index (χ4n) is 2.75. The Kier molecular flexibility index (Phi) is 4.14. The molecule has 3 N–H and O–H groups in total. The number of hydrogen-bond acceptors (Lipinski definition) is 3. The van der Waals surface area contributed by atoms with E-state index in [1.807, 2.05) is 0 Å². The van der Waals surface area contributed by atoms with Crippen LogP contribution in [0.4, 0.5) is 5.69 Å². The summed E-state index contributed by atoms with van der Waals surface area (Å²) in [5.41, 5.74) is 5.32. The predicted molar refractivity (Wildman–Crippen MR) is 72.2 cm³/mol. The minimum atomic E-state index is -0.639. The van der Waals surface area contributed by atoms with E-state index < -0.39 is 11.3 Å². The molecule has 0 atom stereocenters. The molecule has 102 valence electrons. The number of nitrogens with zero attached hydrogens (tertiary/aromatic N) is 1. The molecule has 2 rings (SSSR count). The number of nitrogens with one attached hydrogen (secondary N) is 1. The number of carbonyl (C=O) groups excluding carboxylic acids is 2. The van der Waals surface area contributed by atoms with Crippen LogP contribution in [-0.2, 0) is 9.59 Å². The summed E-state index contributed by atoms with van der Waals surface area (Å²) in [6.45, 7) is 0. The molecule has 0 unspecified atom stereocenters. The van der Waals surface area contributed by atoms with Gasteiger partial charge in [-0.2, -0.15) is 0 Å². The smallest absolute Gasteiger partial charge is 0.231 e. The molecular weight excluding hydrogens is 242 g/mol. The quantitative estimate of drug-likeness (QED) is 0.867. The Balaban J connectivity index is 2.13. The first kappa shape index (κ1) is 13.5. The molecule has 1 aromatic rings. The van der Waals surface area contributed by atoms with Crippen molar-refractivity contribution in [1.82, 2.24) is 4.98 Å². The van der Waals surface area contributed by atoms with Crippen LogP contribution in [0.2, 0.25) is 0 Å². The molecule has 2 amide bonds. The molecule has 0 spiro atoms. The number of pyridine rings is 1. The molecule has 1 aliphatic rings. The summed E-state index contributed by atoms with van der Waals surface area (Å²) in [5.74, 6) is -0.526. The Morgan fingerprint density at radius 3 is 2.63 bits per heavy atom. The predicted octanol–water partition coefficient (Wildman–Crippen LogP) is 1.85. The highest BCUT2D eigenvalue weighted by Crippen LogP contribution is 2.40. The van der Waals surface area contributed by atoms with Crippen molar-refractivity contribution >= 4 is 17.5 Å². The van der Waals surface area contributed by atoms with Gasteiger partial charge in [-0.25, -0.2) is 0 Å². The molecule has 1 fully saturated rings. The van der Waals surface area contributed by atoms with E-state index in [9.17, 15) is 9.59 Å². The van der Waals surface area contributed by atoms with Gasteiger partial charge in [0.2, 0.25) is 11.8 Å². The van der Waals surface area contributed by atoms with E-state index in [1.165, 1.54) is 0 Å². The monoisotopic (exact) mass is 261 g/mol. The van der Waals surface area contributed by atoms with Gasteiger partial charge in [0.1, 0.15) is 0 Å². The van der Waals surface area contributed by atoms with Crippen molar-refractivity contribution in [1.29, 1.82) is 0 Å². The Hall–Kier alpha value is -1.91. The van der Waals surface area contributed by atoms with Gasteiger partial charge < -0.3 is 11.1 Å². The molecule has 19 heavy (non-hydrogen) atoms. The maximum absolute atomic E-state index is 12.5. The van der Waals surface area contributed by atoms with Crippen molar-refractivity contribution < 1.29 is 9.59 Å². The lowest BCUT2D eigenvalue weighted by Gasteiger charge is -2.34. The number of aromatic nitrogens is 1. The summed E-state index contributed by atoms with van der Waals surface area (Å²) in [5, 5.41) is 2.85. The van der Waals surface area contributed by atoms with E-state index in [-0.39, 0.29) is 12.3 Å². The molecule has 5 heteroatoms. The van der Waals surface area contributed by atoms with Crippen LogP contribution in [0.15, 0.2) is 24.5 Å². The lowest BCUT2D eigenvalue weighted by Crippen LogP contribution is -2.41. The number of rotatable bonds is 4. The Bertz CT molecular complexity index is 453. The Morgan fingerprint density at radius 2 is 2.05 bits per heavy atom. The third kappa shape index (κ3) is 3.30. The average molecular weight is 261 g/mol. The largest absolute Gasteiger partial charge is 0.370 e. The second-order valence-electron chi connectivity index (χ2n) is 5.18. The summed E-state index contributed by atoms with van der Waals surface area (Å²) in [7, 11) is 0. The summed E-state index contributed by atoms with van der Waals surface area (Å²) >= 11 is 0. The lowest BCUT2D eigenvalue weighted by molar-refractivity contribution is -0.133. The van der Waals surface area contributed by atoms with Crippen LogP contribution >= 0.6 is 0 Å². The van der Waals surface area contributed by atoms with Crippen molar-refractivity contribution in [2.45, 2.75) is 38.5 Å². The van der Waals surface area contributed by atoms with E-state index in [4.69, 9.17) is 5.73 Å².